The van der Waals surface area contributed by atoms with E-state index >= 15 is 0 Å². The summed E-state index contributed by atoms with van der Waals surface area (Å²) < 4.78 is 0. The minimum absolute atomic E-state index is 0.0244. The Labute approximate surface area is 139 Å². The fourth-order valence-electron chi connectivity index (χ4n) is 3.57. The highest BCUT2D eigenvalue weighted by molar-refractivity contribution is 5.96. The topological polar surface area (TPSA) is 62.0 Å². The van der Waals surface area contributed by atoms with Crippen molar-refractivity contribution in [2.75, 3.05) is 0 Å². The SMILES string of the molecule is CC1Cc2ccccc2C1NC(=O)c1cc2ccccc2c(=O)[nH]1. The first kappa shape index (κ1) is 14.7. The molecule has 0 saturated carbocycles. The molecule has 1 aliphatic rings. The molecule has 120 valence electrons. The minimum Gasteiger partial charge on any atom is -0.344 e. The molecule has 0 saturated heterocycles. The van der Waals surface area contributed by atoms with E-state index < -0.39 is 0 Å². The van der Waals surface area contributed by atoms with Crippen molar-refractivity contribution in [2.45, 2.75) is 19.4 Å². The van der Waals surface area contributed by atoms with E-state index in [2.05, 4.69) is 29.4 Å². The molecule has 0 radical (unpaired) electrons. The molecule has 1 heterocycles. The molecular weight excluding hydrogens is 300 g/mol. The Hall–Kier alpha value is -2.88. The fourth-order valence-corrected chi connectivity index (χ4v) is 3.57. The molecule has 0 spiro atoms. The number of rotatable bonds is 2. The van der Waals surface area contributed by atoms with Crippen molar-refractivity contribution in [3.05, 3.63) is 81.8 Å². The van der Waals surface area contributed by atoms with Gasteiger partial charge in [0.25, 0.3) is 11.5 Å². The van der Waals surface area contributed by atoms with Gasteiger partial charge in [-0.05, 0) is 41.0 Å². The van der Waals surface area contributed by atoms with E-state index in [1.54, 1.807) is 12.1 Å². The lowest BCUT2D eigenvalue weighted by Gasteiger charge is -2.18. The molecule has 2 unspecified atom stereocenters. The molecular formula is C20H18N2O2. The minimum atomic E-state index is -0.244. The number of carbonyl (C=O) groups is 1. The summed E-state index contributed by atoms with van der Waals surface area (Å²) in [5.74, 6) is 0.0879. The van der Waals surface area contributed by atoms with E-state index in [4.69, 9.17) is 0 Å². The molecule has 1 amide bonds. The Kier molecular flexibility index (Phi) is 3.45. The van der Waals surface area contributed by atoms with Crippen LogP contribution in [0.3, 0.4) is 0 Å². The first-order valence-corrected chi connectivity index (χ1v) is 8.14. The van der Waals surface area contributed by atoms with Gasteiger partial charge in [-0.3, -0.25) is 9.59 Å². The molecule has 4 heteroatoms. The summed E-state index contributed by atoms with van der Waals surface area (Å²) in [7, 11) is 0. The molecule has 2 aromatic carbocycles. The van der Waals surface area contributed by atoms with Crippen LogP contribution in [0.4, 0.5) is 0 Å². The molecule has 3 aromatic rings. The summed E-state index contributed by atoms with van der Waals surface area (Å²) in [6, 6.07) is 17.2. The first-order valence-electron chi connectivity index (χ1n) is 8.14. The van der Waals surface area contributed by atoms with E-state index in [-0.39, 0.29) is 17.5 Å². The van der Waals surface area contributed by atoms with Gasteiger partial charge in [0.1, 0.15) is 5.69 Å². The van der Waals surface area contributed by atoms with E-state index in [0.717, 1.165) is 11.8 Å². The van der Waals surface area contributed by atoms with Gasteiger partial charge in [-0.25, -0.2) is 0 Å². The van der Waals surface area contributed by atoms with Gasteiger partial charge in [-0.2, -0.15) is 0 Å². The number of fused-ring (bicyclic) bond motifs is 2. The monoisotopic (exact) mass is 318 g/mol. The Bertz CT molecular complexity index is 990. The molecule has 4 rings (SSSR count). The highest BCUT2D eigenvalue weighted by Crippen LogP contribution is 2.35. The molecule has 24 heavy (non-hydrogen) atoms. The summed E-state index contributed by atoms with van der Waals surface area (Å²) in [6.45, 7) is 2.13. The second kappa shape index (κ2) is 5.64. The maximum atomic E-state index is 12.7. The Morgan fingerprint density at radius 1 is 1.12 bits per heavy atom. The largest absolute Gasteiger partial charge is 0.344 e. The summed E-state index contributed by atoms with van der Waals surface area (Å²) in [6.07, 6.45) is 0.954. The van der Waals surface area contributed by atoms with Crippen LogP contribution in [0.5, 0.6) is 0 Å². The number of aromatic amines is 1. The van der Waals surface area contributed by atoms with Crippen LogP contribution in [0.1, 0.15) is 34.6 Å². The summed E-state index contributed by atoms with van der Waals surface area (Å²) in [5.41, 5.74) is 2.51. The lowest BCUT2D eigenvalue weighted by Crippen LogP contribution is -2.32. The Morgan fingerprint density at radius 3 is 2.75 bits per heavy atom. The number of hydrogen-bond donors (Lipinski definition) is 2. The summed E-state index contributed by atoms with van der Waals surface area (Å²) >= 11 is 0. The second-order valence-electron chi connectivity index (χ2n) is 6.43. The van der Waals surface area contributed by atoms with E-state index in [1.807, 2.05) is 30.3 Å². The number of aromatic nitrogens is 1. The predicted octanol–water partition coefficient (Wildman–Crippen LogP) is 3.19. The van der Waals surface area contributed by atoms with Gasteiger partial charge < -0.3 is 10.3 Å². The van der Waals surface area contributed by atoms with Crippen LogP contribution in [0.2, 0.25) is 0 Å². The number of nitrogens with one attached hydrogen (secondary N) is 2. The smallest absolute Gasteiger partial charge is 0.268 e. The Morgan fingerprint density at radius 2 is 1.88 bits per heavy atom. The van der Waals surface area contributed by atoms with Crippen LogP contribution in [-0.4, -0.2) is 10.9 Å². The zero-order valence-corrected chi connectivity index (χ0v) is 13.4. The summed E-state index contributed by atoms with van der Waals surface area (Å²) in [5, 5.41) is 4.44. The van der Waals surface area contributed by atoms with E-state index in [9.17, 15) is 9.59 Å². The fraction of sp³-hybridized carbons (Fsp3) is 0.200. The third kappa shape index (κ3) is 2.40. The van der Waals surface area contributed by atoms with Crippen molar-refractivity contribution >= 4 is 16.7 Å². The van der Waals surface area contributed by atoms with Gasteiger partial charge in [0.05, 0.1) is 6.04 Å². The highest BCUT2D eigenvalue weighted by Gasteiger charge is 2.30. The first-order chi connectivity index (χ1) is 11.6. The van der Waals surface area contributed by atoms with Gasteiger partial charge >= 0.3 is 0 Å². The second-order valence-corrected chi connectivity index (χ2v) is 6.43. The van der Waals surface area contributed by atoms with Crippen LogP contribution in [-0.2, 0) is 6.42 Å². The van der Waals surface area contributed by atoms with Crippen LogP contribution >= 0.6 is 0 Å². The van der Waals surface area contributed by atoms with E-state index in [0.29, 0.717) is 17.0 Å². The van der Waals surface area contributed by atoms with Crippen molar-refractivity contribution in [1.82, 2.24) is 10.3 Å². The highest BCUT2D eigenvalue weighted by atomic mass is 16.2. The quantitative estimate of drug-likeness (QED) is 0.762. The number of pyridine rings is 1. The van der Waals surface area contributed by atoms with Crippen molar-refractivity contribution in [2.24, 2.45) is 5.92 Å². The number of carbonyl (C=O) groups excluding carboxylic acids is 1. The molecule has 1 aliphatic carbocycles. The van der Waals surface area contributed by atoms with Crippen LogP contribution in [0.15, 0.2) is 59.4 Å². The van der Waals surface area contributed by atoms with Gasteiger partial charge in [-0.15, -0.1) is 0 Å². The van der Waals surface area contributed by atoms with Crippen molar-refractivity contribution in [3.63, 3.8) is 0 Å². The van der Waals surface area contributed by atoms with Gasteiger partial charge in [0.15, 0.2) is 0 Å². The maximum Gasteiger partial charge on any atom is 0.268 e. The molecule has 0 bridgehead atoms. The van der Waals surface area contributed by atoms with Gasteiger partial charge in [0, 0.05) is 5.39 Å². The van der Waals surface area contributed by atoms with Gasteiger partial charge in [-0.1, -0.05) is 49.4 Å². The van der Waals surface area contributed by atoms with Crippen molar-refractivity contribution in [1.29, 1.82) is 0 Å². The average Bonchev–Trinajstić information content (AvgIpc) is 2.90. The number of hydrogen-bond acceptors (Lipinski definition) is 2. The van der Waals surface area contributed by atoms with Crippen molar-refractivity contribution in [3.8, 4) is 0 Å². The lowest BCUT2D eigenvalue weighted by molar-refractivity contribution is 0.0922. The molecule has 2 N–H and O–H groups in total. The van der Waals surface area contributed by atoms with Crippen LogP contribution in [0.25, 0.3) is 10.8 Å². The third-order valence-electron chi connectivity index (χ3n) is 4.79. The summed E-state index contributed by atoms with van der Waals surface area (Å²) in [4.78, 5) is 27.5. The number of H-pyrrole nitrogens is 1. The van der Waals surface area contributed by atoms with Crippen LogP contribution < -0.4 is 10.9 Å². The molecule has 1 aromatic heterocycles. The molecule has 0 aliphatic heterocycles. The zero-order valence-electron chi connectivity index (χ0n) is 13.4. The third-order valence-corrected chi connectivity index (χ3v) is 4.79. The average molecular weight is 318 g/mol. The van der Waals surface area contributed by atoms with E-state index in [1.165, 1.54) is 11.1 Å². The van der Waals surface area contributed by atoms with Crippen molar-refractivity contribution < 1.29 is 4.79 Å². The number of benzene rings is 2. The molecule has 2 atom stereocenters. The normalized spacial score (nSPS) is 19.2. The van der Waals surface area contributed by atoms with Crippen LogP contribution in [0, 0.1) is 5.92 Å². The standard InChI is InChI=1S/C20H18N2O2/c1-12-10-13-6-2-4-8-15(13)18(12)22-20(24)17-11-14-7-3-5-9-16(14)19(23)21-17/h2-9,11-12,18H,10H2,1H3,(H,21,23)(H,22,24). The Balaban J connectivity index is 1.67. The molecule has 4 nitrogen and oxygen atoms in total. The molecule has 0 fully saturated rings. The maximum absolute atomic E-state index is 12.7. The zero-order chi connectivity index (χ0) is 16.7. The lowest BCUT2D eigenvalue weighted by atomic mass is 10.0. The van der Waals surface area contributed by atoms with Gasteiger partial charge in [0.2, 0.25) is 0 Å². The predicted molar refractivity (Wildman–Crippen MR) is 94.1 cm³/mol. The number of amides is 1.